The van der Waals surface area contributed by atoms with E-state index in [1.807, 2.05) is 18.0 Å². The second-order valence-corrected chi connectivity index (χ2v) is 5.71. The summed E-state index contributed by atoms with van der Waals surface area (Å²) in [6.07, 6.45) is 1.97. The number of H-pyrrole nitrogens is 1. The monoisotopic (exact) mass is 294 g/mol. The number of aromatic amines is 1. The number of nitrogens with zero attached hydrogens (tertiary/aromatic N) is 3. The van der Waals surface area contributed by atoms with E-state index < -0.39 is 0 Å². The van der Waals surface area contributed by atoms with Crippen molar-refractivity contribution in [1.29, 1.82) is 0 Å². The molecule has 2 fully saturated rings. The van der Waals surface area contributed by atoms with E-state index in [0.717, 1.165) is 25.3 Å². The second-order valence-electron chi connectivity index (χ2n) is 5.71. The van der Waals surface area contributed by atoms with Crippen molar-refractivity contribution in [2.75, 3.05) is 40.0 Å². The van der Waals surface area contributed by atoms with E-state index in [-0.39, 0.29) is 24.7 Å². The highest BCUT2D eigenvalue weighted by Gasteiger charge is 2.42. The van der Waals surface area contributed by atoms with Crippen LogP contribution < -0.4 is 0 Å². The molecule has 7 heteroatoms. The van der Waals surface area contributed by atoms with Crippen LogP contribution in [0.25, 0.3) is 0 Å². The zero-order valence-electron chi connectivity index (χ0n) is 12.5. The van der Waals surface area contributed by atoms with E-state index in [0.29, 0.717) is 13.2 Å². The Morgan fingerprint density at radius 1 is 1.52 bits per heavy atom. The molecule has 0 radical (unpaired) electrons. The van der Waals surface area contributed by atoms with Crippen LogP contribution in [0.2, 0.25) is 0 Å². The summed E-state index contributed by atoms with van der Waals surface area (Å²) >= 11 is 0. The molecule has 2 atom stereocenters. The van der Waals surface area contributed by atoms with Gasteiger partial charge < -0.3 is 14.4 Å². The Bertz CT molecular complexity index is 504. The molecule has 0 aromatic carbocycles. The largest absolute Gasteiger partial charge is 0.383 e. The lowest BCUT2D eigenvalue weighted by atomic mass is 10.1. The summed E-state index contributed by atoms with van der Waals surface area (Å²) in [6, 6.07) is 0.133. The lowest BCUT2D eigenvalue weighted by Crippen LogP contribution is -2.54. The molecule has 0 unspecified atom stereocenters. The number of fused-ring (bicyclic) bond motifs is 1. The van der Waals surface area contributed by atoms with Crippen molar-refractivity contribution in [1.82, 2.24) is 20.0 Å². The van der Waals surface area contributed by atoms with Crippen LogP contribution in [0.15, 0.2) is 6.20 Å². The number of ether oxygens (including phenoxy) is 2. The van der Waals surface area contributed by atoms with Gasteiger partial charge in [-0.25, -0.2) is 0 Å². The summed E-state index contributed by atoms with van der Waals surface area (Å²) < 4.78 is 10.8. The number of hydrogen-bond donors (Lipinski definition) is 1. The molecule has 0 saturated carbocycles. The van der Waals surface area contributed by atoms with Crippen molar-refractivity contribution in [2.45, 2.75) is 25.6 Å². The zero-order valence-corrected chi connectivity index (χ0v) is 12.5. The van der Waals surface area contributed by atoms with Crippen molar-refractivity contribution in [3.8, 4) is 0 Å². The van der Waals surface area contributed by atoms with Gasteiger partial charge in [-0.2, -0.15) is 5.10 Å². The predicted octanol–water partition coefficient (Wildman–Crippen LogP) is -0.224. The maximum atomic E-state index is 12.0. The van der Waals surface area contributed by atoms with E-state index in [1.165, 1.54) is 5.56 Å². The molecule has 2 saturated heterocycles. The first-order chi connectivity index (χ1) is 10.2. The number of carbonyl (C=O) groups excluding carboxylic acids is 1. The molecular weight excluding hydrogens is 272 g/mol. The average Bonchev–Trinajstić information content (AvgIpc) is 3.05. The highest BCUT2D eigenvalue weighted by Crippen LogP contribution is 2.25. The van der Waals surface area contributed by atoms with Gasteiger partial charge in [0.15, 0.2) is 0 Å². The standard InChI is InChI=1S/C14H22N4O3/c1-10-11(5-15-16-10)6-17-7-12-13(8-17)21-9-14(19)18(12)3-4-20-2/h5,12-13H,3-4,6-9H2,1-2H3,(H,15,16)/t12-,13-/m0/s1. The first-order valence-corrected chi connectivity index (χ1v) is 7.30. The third-order valence-corrected chi connectivity index (χ3v) is 4.32. The molecule has 1 aromatic rings. The van der Waals surface area contributed by atoms with E-state index in [2.05, 4.69) is 15.1 Å². The van der Waals surface area contributed by atoms with Crippen LogP contribution in [0.1, 0.15) is 11.3 Å². The third kappa shape index (κ3) is 2.95. The topological polar surface area (TPSA) is 70.7 Å². The molecule has 3 heterocycles. The van der Waals surface area contributed by atoms with Gasteiger partial charge in [0.05, 0.1) is 24.9 Å². The van der Waals surface area contributed by atoms with E-state index in [4.69, 9.17) is 9.47 Å². The molecule has 1 aromatic heterocycles. The van der Waals surface area contributed by atoms with Crippen molar-refractivity contribution in [3.63, 3.8) is 0 Å². The number of methoxy groups -OCH3 is 1. The fourth-order valence-corrected chi connectivity index (χ4v) is 3.13. The number of morpholine rings is 1. The quantitative estimate of drug-likeness (QED) is 0.813. The molecule has 0 bridgehead atoms. The highest BCUT2D eigenvalue weighted by atomic mass is 16.5. The summed E-state index contributed by atoms with van der Waals surface area (Å²) in [6.45, 7) is 5.94. The Kier molecular flexibility index (Phi) is 4.23. The van der Waals surface area contributed by atoms with Crippen LogP contribution in [0.5, 0.6) is 0 Å². The molecule has 21 heavy (non-hydrogen) atoms. The highest BCUT2D eigenvalue weighted by molar-refractivity contribution is 5.78. The van der Waals surface area contributed by atoms with Crippen LogP contribution in [-0.2, 0) is 20.8 Å². The Morgan fingerprint density at radius 2 is 2.38 bits per heavy atom. The minimum Gasteiger partial charge on any atom is -0.383 e. The summed E-state index contributed by atoms with van der Waals surface area (Å²) in [7, 11) is 1.66. The molecule has 0 spiro atoms. The lowest BCUT2D eigenvalue weighted by molar-refractivity contribution is -0.153. The maximum Gasteiger partial charge on any atom is 0.249 e. The Hall–Kier alpha value is -1.44. The van der Waals surface area contributed by atoms with Crippen molar-refractivity contribution in [2.24, 2.45) is 0 Å². The number of likely N-dealkylation sites (tertiary alicyclic amines) is 1. The van der Waals surface area contributed by atoms with Gasteiger partial charge in [-0.15, -0.1) is 0 Å². The average molecular weight is 294 g/mol. The molecule has 116 valence electrons. The van der Waals surface area contributed by atoms with E-state index >= 15 is 0 Å². The molecule has 2 aliphatic heterocycles. The van der Waals surface area contributed by atoms with E-state index in [1.54, 1.807) is 7.11 Å². The van der Waals surface area contributed by atoms with Gasteiger partial charge in [-0.05, 0) is 6.92 Å². The fraction of sp³-hybridized carbons (Fsp3) is 0.714. The third-order valence-electron chi connectivity index (χ3n) is 4.32. The Labute approximate surface area is 124 Å². The van der Waals surface area contributed by atoms with Gasteiger partial charge in [0.2, 0.25) is 5.91 Å². The van der Waals surface area contributed by atoms with Gasteiger partial charge in [0, 0.05) is 44.5 Å². The molecule has 3 rings (SSSR count). The smallest absolute Gasteiger partial charge is 0.249 e. The van der Waals surface area contributed by atoms with Crippen LogP contribution in [0.4, 0.5) is 0 Å². The molecule has 2 aliphatic rings. The van der Waals surface area contributed by atoms with Crippen molar-refractivity contribution < 1.29 is 14.3 Å². The second kappa shape index (κ2) is 6.13. The first-order valence-electron chi connectivity index (χ1n) is 7.30. The number of amides is 1. The number of rotatable bonds is 5. The molecule has 1 amide bonds. The molecule has 7 nitrogen and oxygen atoms in total. The van der Waals surface area contributed by atoms with Crippen LogP contribution in [0, 0.1) is 6.92 Å². The van der Waals surface area contributed by atoms with Crippen molar-refractivity contribution >= 4 is 5.91 Å². The van der Waals surface area contributed by atoms with E-state index in [9.17, 15) is 4.79 Å². The maximum absolute atomic E-state index is 12.0. The predicted molar refractivity (Wildman–Crippen MR) is 75.7 cm³/mol. The van der Waals surface area contributed by atoms with Crippen LogP contribution in [-0.4, -0.2) is 78.0 Å². The van der Waals surface area contributed by atoms with Gasteiger partial charge in [0.1, 0.15) is 6.61 Å². The van der Waals surface area contributed by atoms with Crippen LogP contribution >= 0.6 is 0 Å². The number of nitrogens with one attached hydrogen (secondary N) is 1. The zero-order chi connectivity index (χ0) is 14.8. The van der Waals surface area contributed by atoms with Gasteiger partial charge in [-0.1, -0.05) is 0 Å². The van der Waals surface area contributed by atoms with Crippen molar-refractivity contribution in [3.05, 3.63) is 17.5 Å². The van der Waals surface area contributed by atoms with Gasteiger partial charge in [-0.3, -0.25) is 14.8 Å². The van der Waals surface area contributed by atoms with Gasteiger partial charge in [0.25, 0.3) is 0 Å². The molecule has 1 N–H and O–H groups in total. The summed E-state index contributed by atoms with van der Waals surface area (Å²) in [4.78, 5) is 16.3. The number of aromatic nitrogens is 2. The summed E-state index contributed by atoms with van der Waals surface area (Å²) in [5, 5.41) is 7.02. The first kappa shape index (κ1) is 14.5. The molecular formula is C14H22N4O3. The Balaban J connectivity index is 1.65. The minimum absolute atomic E-state index is 0.0645. The fourth-order valence-electron chi connectivity index (χ4n) is 3.13. The summed E-state index contributed by atoms with van der Waals surface area (Å²) in [5.41, 5.74) is 2.29. The number of hydrogen-bond acceptors (Lipinski definition) is 5. The number of aryl methyl sites for hydroxylation is 1. The molecule has 0 aliphatic carbocycles. The SMILES string of the molecule is COCCN1C(=O)CO[C@H]2CN(Cc3cn[nH]c3C)C[C@@H]21. The Morgan fingerprint density at radius 3 is 3.10 bits per heavy atom. The van der Waals surface area contributed by atoms with Crippen LogP contribution in [0.3, 0.4) is 0 Å². The lowest BCUT2D eigenvalue weighted by Gasteiger charge is -2.36. The normalized spacial score (nSPS) is 26.4. The summed E-state index contributed by atoms with van der Waals surface area (Å²) in [5.74, 6) is 0.0645. The van der Waals surface area contributed by atoms with Gasteiger partial charge >= 0.3 is 0 Å². The minimum atomic E-state index is 0.0645. The number of carbonyl (C=O) groups is 1.